The zero-order chi connectivity index (χ0) is 9.89. The Bertz CT molecular complexity index is 145. The summed E-state index contributed by atoms with van der Waals surface area (Å²) < 4.78 is 0. The third-order valence-electron chi connectivity index (χ3n) is 1.88. The summed E-state index contributed by atoms with van der Waals surface area (Å²) in [5, 5.41) is 0. The van der Waals surface area contributed by atoms with Gasteiger partial charge in [0.25, 0.3) is 0 Å². The van der Waals surface area contributed by atoms with Crippen molar-refractivity contribution in [3.05, 3.63) is 0 Å². The van der Waals surface area contributed by atoms with Crippen LogP contribution < -0.4 is 0 Å². The monoisotopic (exact) mass is 172 g/mol. The van der Waals surface area contributed by atoms with Crippen LogP contribution in [0, 0.1) is 5.92 Å². The Morgan fingerprint density at radius 2 is 1.50 bits per heavy atom. The molecule has 0 aliphatic rings. The number of carbonyl (C=O) groups excluding carboxylic acids is 1. The molecule has 0 saturated carbocycles. The third kappa shape index (κ3) is 2.81. The van der Waals surface area contributed by atoms with Crippen LogP contribution in [0.15, 0.2) is 0 Å². The maximum atomic E-state index is 11.6. The van der Waals surface area contributed by atoms with Gasteiger partial charge < -0.3 is 4.90 Å². The highest BCUT2D eigenvalue weighted by molar-refractivity contribution is 5.81. The molecule has 0 radical (unpaired) electrons. The Balaban J connectivity index is 4.41. The second kappa shape index (κ2) is 4.45. The van der Waals surface area contributed by atoms with Gasteiger partial charge in [0.1, 0.15) is 0 Å². The molecule has 0 heterocycles. The van der Waals surface area contributed by atoms with Crippen LogP contribution in [-0.2, 0) is 4.79 Å². The normalized spacial score (nSPS) is 13.7. The van der Waals surface area contributed by atoms with Gasteiger partial charge in [0.2, 0.25) is 5.91 Å². The van der Waals surface area contributed by atoms with E-state index in [0.717, 1.165) is 0 Å². The van der Waals surface area contributed by atoms with Crippen LogP contribution in [0.4, 0.5) is 0 Å². The van der Waals surface area contributed by atoms with Crippen molar-refractivity contribution in [3.8, 4) is 0 Å². The third-order valence-corrected chi connectivity index (χ3v) is 1.88. The van der Waals surface area contributed by atoms with E-state index in [4.69, 9.17) is 0 Å². The van der Waals surface area contributed by atoms with Gasteiger partial charge in [-0.3, -0.25) is 9.69 Å². The predicted octanol–water partition coefficient (Wildman–Crippen LogP) is 0.661. The molecule has 0 aliphatic heterocycles. The summed E-state index contributed by atoms with van der Waals surface area (Å²) in [6, 6.07) is -0.000000000000000444. The van der Waals surface area contributed by atoms with E-state index in [2.05, 4.69) is 13.8 Å². The van der Waals surface area contributed by atoms with Crippen LogP contribution in [-0.4, -0.2) is 49.9 Å². The van der Waals surface area contributed by atoms with Crippen LogP contribution in [0.2, 0.25) is 0 Å². The van der Waals surface area contributed by atoms with Gasteiger partial charge in [0, 0.05) is 14.1 Å². The topological polar surface area (TPSA) is 23.6 Å². The lowest BCUT2D eigenvalue weighted by atomic mass is 10.0. The quantitative estimate of drug-likeness (QED) is 0.624. The van der Waals surface area contributed by atoms with Crippen molar-refractivity contribution in [2.75, 3.05) is 28.2 Å². The Morgan fingerprint density at radius 3 is 1.58 bits per heavy atom. The molecule has 0 aromatic heterocycles. The summed E-state index contributed by atoms with van der Waals surface area (Å²) >= 11 is 0. The van der Waals surface area contributed by atoms with E-state index in [1.54, 1.807) is 19.0 Å². The first-order valence-corrected chi connectivity index (χ1v) is 4.25. The highest BCUT2D eigenvalue weighted by Crippen LogP contribution is 2.09. The summed E-state index contributed by atoms with van der Waals surface area (Å²) in [6.07, 6.45) is 0. The highest BCUT2D eigenvalue weighted by Gasteiger charge is 2.25. The molecule has 0 N–H and O–H groups in total. The van der Waals surface area contributed by atoms with Gasteiger partial charge >= 0.3 is 0 Å². The second-order valence-electron chi connectivity index (χ2n) is 3.89. The maximum absolute atomic E-state index is 11.6. The van der Waals surface area contributed by atoms with Crippen LogP contribution >= 0.6 is 0 Å². The molecule has 1 atom stereocenters. The summed E-state index contributed by atoms with van der Waals surface area (Å²) in [5.41, 5.74) is 0. The molecular formula is C9H20N2O. The Labute approximate surface area is 75.3 Å². The van der Waals surface area contributed by atoms with Gasteiger partial charge in [-0.25, -0.2) is 0 Å². The van der Waals surface area contributed by atoms with E-state index in [9.17, 15) is 4.79 Å². The fourth-order valence-corrected chi connectivity index (χ4v) is 1.37. The van der Waals surface area contributed by atoms with Gasteiger partial charge in [-0.2, -0.15) is 0 Å². The molecule has 1 amide bonds. The summed E-state index contributed by atoms with van der Waals surface area (Å²) in [7, 11) is 7.46. The lowest BCUT2D eigenvalue weighted by molar-refractivity contribution is -0.134. The minimum absolute atomic E-state index is 0.000000000000000444. The number of likely N-dealkylation sites (N-methyl/N-ethyl adjacent to an activating group) is 2. The standard InChI is InChI=1S/C9H20N2O/c1-7(2)8(10(3)4)9(12)11(5)6/h7-8H,1-6H3. The number of rotatable bonds is 3. The Hall–Kier alpha value is -0.570. The van der Waals surface area contributed by atoms with E-state index in [1.807, 2.05) is 19.0 Å². The van der Waals surface area contributed by atoms with Crippen LogP contribution in [0.5, 0.6) is 0 Å². The SMILES string of the molecule is CC(C)C(C(=O)N(C)C)N(C)C. The zero-order valence-electron chi connectivity index (χ0n) is 8.96. The molecule has 1 unspecified atom stereocenters. The average Bonchev–Trinajstić information content (AvgIpc) is 1.85. The number of hydrogen-bond donors (Lipinski definition) is 0. The van der Waals surface area contributed by atoms with E-state index >= 15 is 0 Å². The van der Waals surface area contributed by atoms with Gasteiger partial charge in [0.15, 0.2) is 0 Å². The number of hydrogen-bond acceptors (Lipinski definition) is 2. The fourth-order valence-electron chi connectivity index (χ4n) is 1.37. The molecule has 0 rings (SSSR count). The van der Waals surface area contributed by atoms with Crippen molar-refractivity contribution in [3.63, 3.8) is 0 Å². The van der Waals surface area contributed by atoms with Gasteiger partial charge in [0.05, 0.1) is 6.04 Å². The molecular weight excluding hydrogens is 152 g/mol. The maximum Gasteiger partial charge on any atom is 0.239 e. The first-order chi connectivity index (χ1) is 5.37. The molecule has 0 aliphatic carbocycles. The Kier molecular flexibility index (Phi) is 4.24. The molecule has 0 bridgehead atoms. The van der Waals surface area contributed by atoms with E-state index < -0.39 is 0 Å². The summed E-state index contributed by atoms with van der Waals surface area (Å²) in [5.74, 6) is 0.532. The first kappa shape index (κ1) is 11.4. The van der Waals surface area contributed by atoms with Gasteiger partial charge in [-0.1, -0.05) is 13.8 Å². The first-order valence-electron chi connectivity index (χ1n) is 4.25. The average molecular weight is 172 g/mol. The molecule has 72 valence electrons. The molecule has 0 fully saturated rings. The van der Waals surface area contributed by atoms with Crippen LogP contribution in [0.25, 0.3) is 0 Å². The van der Waals surface area contributed by atoms with Crippen LogP contribution in [0.1, 0.15) is 13.8 Å². The van der Waals surface area contributed by atoms with E-state index in [1.165, 1.54) is 0 Å². The number of nitrogens with zero attached hydrogens (tertiary/aromatic N) is 2. The molecule has 12 heavy (non-hydrogen) atoms. The number of carbonyl (C=O) groups is 1. The van der Waals surface area contributed by atoms with Crippen molar-refractivity contribution in [1.29, 1.82) is 0 Å². The second-order valence-corrected chi connectivity index (χ2v) is 3.89. The molecule has 3 heteroatoms. The van der Waals surface area contributed by atoms with Crippen molar-refractivity contribution in [1.82, 2.24) is 9.80 Å². The minimum Gasteiger partial charge on any atom is -0.347 e. The lowest BCUT2D eigenvalue weighted by Gasteiger charge is -2.29. The lowest BCUT2D eigenvalue weighted by Crippen LogP contribution is -2.46. The smallest absolute Gasteiger partial charge is 0.239 e. The summed E-state index contributed by atoms with van der Waals surface area (Å²) in [4.78, 5) is 15.2. The van der Waals surface area contributed by atoms with Crippen LogP contribution in [0.3, 0.4) is 0 Å². The van der Waals surface area contributed by atoms with Crippen molar-refractivity contribution in [2.45, 2.75) is 19.9 Å². The van der Waals surface area contributed by atoms with E-state index in [-0.39, 0.29) is 11.9 Å². The van der Waals surface area contributed by atoms with Crippen molar-refractivity contribution in [2.24, 2.45) is 5.92 Å². The number of amides is 1. The molecule has 0 aromatic rings. The summed E-state index contributed by atoms with van der Waals surface area (Å²) in [6.45, 7) is 4.12. The molecule has 3 nitrogen and oxygen atoms in total. The fraction of sp³-hybridized carbons (Fsp3) is 0.889. The largest absolute Gasteiger partial charge is 0.347 e. The molecule has 0 saturated heterocycles. The van der Waals surface area contributed by atoms with Crippen molar-refractivity contribution >= 4 is 5.91 Å². The van der Waals surface area contributed by atoms with Gasteiger partial charge in [-0.15, -0.1) is 0 Å². The minimum atomic E-state index is -0.000000000000000444. The molecule has 0 aromatic carbocycles. The Morgan fingerprint density at radius 1 is 1.08 bits per heavy atom. The highest BCUT2D eigenvalue weighted by atomic mass is 16.2. The molecule has 0 spiro atoms. The van der Waals surface area contributed by atoms with Crippen molar-refractivity contribution < 1.29 is 4.79 Å². The van der Waals surface area contributed by atoms with E-state index in [0.29, 0.717) is 5.92 Å². The predicted molar refractivity (Wildman–Crippen MR) is 51.0 cm³/mol. The van der Waals surface area contributed by atoms with Gasteiger partial charge in [-0.05, 0) is 20.0 Å². The zero-order valence-corrected chi connectivity index (χ0v) is 8.96.